The molecule has 1 N–H and O–H groups in total. The van der Waals surface area contributed by atoms with Gasteiger partial charge in [-0.25, -0.2) is 8.42 Å². The normalized spacial score (nSPS) is 15.6. The predicted octanol–water partition coefficient (Wildman–Crippen LogP) is 3.49. The van der Waals surface area contributed by atoms with Gasteiger partial charge in [0.25, 0.3) is 5.91 Å². The highest BCUT2D eigenvalue weighted by Crippen LogP contribution is 2.34. The number of sulfonamides is 1. The average molecular weight is 453 g/mol. The summed E-state index contributed by atoms with van der Waals surface area (Å²) in [5.41, 5.74) is 5.18. The van der Waals surface area contributed by atoms with E-state index in [4.69, 9.17) is 0 Å². The SMILES string of the molecule is CC1Cc2cc(C(=O)N(C)CCCc3cc(-c4ccccc4)n[nH]3)ccc2N1S(C)(=O)=O. The number of amides is 1. The molecule has 1 amide bonds. The lowest BCUT2D eigenvalue weighted by Crippen LogP contribution is -2.34. The first-order valence-electron chi connectivity index (χ1n) is 10.7. The first-order valence-corrected chi connectivity index (χ1v) is 12.6. The minimum Gasteiger partial charge on any atom is -0.342 e. The number of aromatic amines is 1. The van der Waals surface area contributed by atoms with Crippen molar-refractivity contribution in [2.75, 3.05) is 24.2 Å². The minimum absolute atomic E-state index is 0.0622. The fourth-order valence-corrected chi connectivity index (χ4v) is 5.58. The van der Waals surface area contributed by atoms with Crippen LogP contribution >= 0.6 is 0 Å². The summed E-state index contributed by atoms with van der Waals surface area (Å²) in [6, 6.07) is 17.2. The molecule has 0 saturated heterocycles. The number of aryl methyl sites for hydroxylation is 1. The van der Waals surface area contributed by atoms with Gasteiger partial charge in [0.2, 0.25) is 10.0 Å². The molecular formula is C24H28N4O3S. The fraction of sp³-hybridized carbons (Fsp3) is 0.333. The molecule has 2 aromatic carbocycles. The third kappa shape index (κ3) is 4.55. The Balaban J connectivity index is 1.36. The van der Waals surface area contributed by atoms with E-state index in [9.17, 15) is 13.2 Å². The van der Waals surface area contributed by atoms with Crippen LogP contribution in [0, 0.1) is 0 Å². The van der Waals surface area contributed by atoms with Crippen LogP contribution in [0.2, 0.25) is 0 Å². The molecule has 8 heteroatoms. The van der Waals surface area contributed by atoms with Crippen LogP contribution in [0.15, 0.2) is 54.6 Å². The fourth-order valence-electron chi connectivity index (χ4n) is 4.32. The number of carbonyl (C=O) groups is 1. The highest BCUT2D eigenvalue weighted by Gasteiger charge is 2.33. The smallest absolute Gasteiger partial charge is 0.253 e. The van der Waals surface area contributed by atoms with E-state index in [0.29, 0.717) is 24.2 Å². The molecule has 1 aromatic heterocycles. The number of nitrogens with zero attached hydrogens (tertiary/aromatic N) is 3. The van der Waals surface area contributed by atoms with Crippen LogP contribution < -0.4 is 4.31 Å². The monoisotopic (exact) mass is 452 g/mol. The van der Waals surface area contributed by atoms with E-state index < -0.39 is 10.0 Å². The first kappa shape index (κ1) is 22.1. The highest BCUT2D eigenvalue weighted by molar-refractivity contribution is 7.92. The molecule has 1 unspecified atom stereocenters. The van der Waals surface area contributed by atoms with Crippen molar-refractivity contribution in [3.05, 3.63) is 71.4 Å². The molecule has 1 aliphatic heterocycles. The second-order valence-corrected chi connectivity index (χ2v) is 10.3. The molecule has 0 aliphatic carbocycles. The number of rotatable bonds is 7. The zero-order valence-corrected chi connectivity index (χ0v) is 19.4. The average Bonchev–Trinajstić information content (AvgIpc) is 3.36. The Bertz CT molecular complexity index is 1220. The van der Waals surface area contributed by atoms with Gasteiger partial charge in [-0.15, -0.1) is 0 Å². The first-order chi connectivity index (χ1) is 15.2. The van der Waals surface area contributed by atoms with Gasteiger partial charge in [0, 0.05) is 36.5 Å². The van der Waals surface area contributed by atoms with Gasteiger partial charge in [0.05, 0.1) is 17.6 Å². The van der Waals surface area contributed by atoms with E-state index in [2.05, 4.69) is 10.2 Å². The van der Waals surface area contributed by atoms with Gasteiger partial charge in [-0.05, 0) is 56.0 Å². The Morgan fingerprint density at radius 2 is 1.94 bits per heavy atom. The molecule has 4 rings (SSSR count). The number of fused-ring (bicyclic) bond motifs is 1. The number of carbonyl (C=O) groups excluding carboxylic acids is 1. The summed E-state index contributed by atoms with van der Waals surface area (Å²) in [5, 5.41) is 7.46. The standard InChI is InChI=1S/C24H28N4O3S/c1-17-14-20-15-19(11-12-23(20)28(17)32(3,30)31)24(29)27(2)13-7-10-21-16-22(26-25-21)18-8-5-4-6-9-18/h4-6,8-9,11-12,15-17H,7,10,13-14H2,1-3H3,(H,25,26). The van der Waals surface area contributed by atoms with Crippen LogP contribution in [-0.4, -0.2) is 55.3 Å². The summed E-state index contributed by atoms with van der Waals surface area (Å²) >= 11 is 0. The number of aromatic nitrogens is 2. The molecule has 0 bridgehead atoms. The molecule has 7 nitrogen and oxygen atoms in total. The van der Waals surface area contributed by atoms with Crippen molar-refractivity contribution in [1.82, 2.24) is 15.1 Å². The molecule has 0 fully saturated rings. The third-order valence-electron chi connectivity index (χ3n) is 5.82. The van der Waals surface area contributed by atoms with E-state index in [-0.39, 0.29) is 11.9 Å². The summed E-state index contributed by atoms with van der Waals surface area (Å²) in [5.74, 6) is -0.0622. The molecule has 0 spiro atoms. The van der Waals surface area contributed by atoms with Crippen molar-refractivity contribution in [3.63, 3.8) is 0 Å². The lowest BCUT2D eigenvalue weighted by molar-refractivity contribution is 0.0793. The number of anilines is 1. The lowest BCUT2D eigenvalue weighted by atomic mass is 10.1. The maximum Gasteiger partial charge on any atom is 0.253 e. The maximum absolute atomic E-state index is 12.9. The maximum atomic E-state index is 12.9. The van der Waals surface area contributed by atoms with Gasteiger partial charge in [-0.2, -0.15) is 5.10 Å². The van der Waals surface area contributed by atoms with Crippen molar-refractivity contribution in [3.8, 4) is 11.3 Å². The Labute approximate surface area is 189 Å². The minimum atomic E-state index is -3.34. The predicted molar refractivity (Wildman–Crippen MR) is 126 cm³/mol. The second kappa shape index (κ2) is 8.78. The van der Waals surface area contributed by atoms with E-state index in [1.54, 1.807) is 24.1 Å². The van der Waals surface area contributed by atoms with Crippen LogP contribution in [0.1, 0.15) is 35.0 Å². The van der Waals surface area contributed by atoms with Crippen molar-refractivity contribution >= 4 is 21.6 Å². The number of nitrogens with one attached hydrogen (secondary N) is 1. The zero-order valence-electron chi connectivity index (χ0n) is 18.6. The van der Waals surface area contributed by atoms with Crippen molar-refractivity contribution < 1.29 is 13.2 Å². The molecule has 3 aromatic rings. The summed E-state index contributed by atoms with van der Waals surface area (Å²) < 4.78 is 25.6. The third-order valence-corrected chi connectivity index (χ3v) is 7.09. The van der Waals surface area contributed by atoms with Gasteiger partial charge in [0.15, 0.2) is 0 Å². The molecular weight excluding hydrogens is 424 g/mol. The van der Waals surface area contributed by atoms with Crippen LogP contribution in [0.4, 0.5) is 5.69 Å². The van der Waals surface area contributed by atoms with Crippen LogP contribution in [-0.2, 0) is 22.9 Å². The molecule has 1 atom stereocenters. The number of hydrogen-bond acceptors (Lipinski definition) is 4. The van der Waals surface area contributed by atoms with E-state index in [1.165, 1.54) is 10.6 Å². The Hall–Kier alpha value is -3.13. The molecule has 2 heterocycles. The molecule has 1 aliphatic rings. The summed E-state index contributed by atoms with van der Waals surface area (Å²) in [7, 11) is -1.54. The van der Waals surface area contributed by atoms with Crippen molar-refractivity contribution in [1.29, 1.82) is 0 Å². The van der Waals surface area contributed by atoms with Gasteiger partial charge < -0.3 is 4.90 Å². The summed E-state index contributed by atoms with van der Waals surface area (Å²) in [6.45, 7) is 2.49. The highest BCUT2D eigenvalue weighted by atomic mass is 32.2. The summed E-state index contributed by atoms with van der Waals surface area (Å²) in [6.07, 6.45) is 3.43. The van der Waals surface area contributed by atoms with Crippen LogP contribution in [0.5, 0.6) is 0 Å². The van der Waals surface area contributed by atoms with Gasteiger partial charge in [0.1, 0.15) is 0 Å². The van der Waals surface area contributed by atoms with E-state index in [0.717, 1.165) is 35.4 Å². The Kier molecular flexibility index (Phi) is 6.06. The lowest BCUT2D eigenvalue weighted by Gasteiger charge is -2.22. The van der Waals surface area contributed by atoms with Gasteiger partial charge in [-0.3, -0.25) is 14.2 Å². The zero-order chi connectivity index (χ0) is 22.9. The Morgan fingerprint density at radius 1 is 1.19 bits per heavy atom. The topological polar surface area (TPSA) is 86.4 Å². The van der Waals surface area contributed by atoms with Gasteiger partial charge in [-0.1, -0.05) is 30.3 Å². The number of hydrogen-bond donors (Lipinski definition) is 1. The second-order valence-electron chi connectivity index (χ2n) is 8.43. The number of H-pyrrole nitrogens is 1. The number of benzene rings is 2. The van der Waals surface area contributed by atoms with Crippen LogP contribution in [0.3, 0.4) is 0 Å². The summed E-state index contributed by atoms with van der Waals surface area (Å²) in [4.78, 5) is 14.6. The van der Waals surface area contributed by atoms with Crippen LogP contribution in [0.25, 0.3) is 11.3 Å². The molecule has 0 saturated carbocycles. The van der Waals surface area contributed by atoms with Gasteiger partial charge >= 0.3 is 0 Å². The largest absolute Gasteiger partial charge is 0.342 e. The molecule has 168 valence electrons. The van der Waals surface area contributed by atoms with E-state index >= 15 is 0 Å². The quantitative estimate of drug-likeness (QED) is 0.595. The molecule has 0 radical (unpaired) electrons. The van der Waals surface area contributed by atoms with E-state index in [1.807, 2.05) is 49.4 Å². The molecule has 32 heavy (non-hydrogen) atoms. The Morgan fingerprint density at radius 3 is 2.66 bits per heavy atom. The van der Waals surface area contributed by atoms with Crippen molar-refractivity contribution in [2.24, 2.45) is 0 Å². The van der Waals surface area contributed by atoms with Crippen molar-refractivity contribution in [2.45, 2.75) is 32.2 Å².